The van der Waals surface area contributed by atoms with E-state index in [0.29, 0.717) is 16.5 Å². The smallest absolute Gasteiger partial charge is 0.179 e. The quantitative estimate of drug-likeness (QED) is 0.776. The van der Waals surface area contributed by atoms with E-state index >= 15 is 0 Å². The lowest BCUT2D eigenvalue weighted by Gasteiger charge is -2.35. The lowest BCUT2D eigenvalue weighted by Crippen LogP contribution is -2.45. The van der Waals surface area contributed by atoms with Gasteiger partial charge >= 0.3 is 0 Å². The lowest BCUT2D eigenvalue weighted by atomic mass is 10.0. The van der Waals surface area contributed by atoms with Crippen LogP contribution in [0.3, 0.4) is 0 Å². The summed E-state index contributed by atoms with van der Waals surface area (Å²) in [6.07, 6.45) is 0. The van der Waals surface area contributed by atoms with Crippen molar-refractivity contribution in [2.24, 2.45) is 0 Å². The van der Waals surface area contributed by atoms with Crippen molar-refractivity contribution in [3.05, 3.63) is 45.1 Å². The van der Waals surface area contributed by atoms with Crippen LogP contribution in [-0.4, -0.2) is 45.3 Å². The first-order valence-electron chi connectivity index (χ1n) is 7.64. The van der Waals surface area contributed by atoms with Crippen molar-refractivity contribution in [1.29, 1.82) is 0 Å². The zero-order valence-corrected chi connectivity index (χ0v) is 17.4. The standard InChI is InChI=1S/C17H21ClN2O2S.2ClH/c1-21-13-6-5-12(15(18)17(13)22-2)16(14-4-3-11-23-14)20-9-7-19-8-10-20;;/h3-6,11,16,19H,7-10H2,1-2H3;2*1H/t16-;;/m0../s1. The zero-order chi connectivity index (χ0) is 16.2. The molecule has 1 aromatic carbocycles. The van der Waals surface area contributed by atoms with Crippen LogP contribution in [-0.2, 0) is 0 Å². The van der Waals surface area contributed by atoms with Gasteiger partial charge in [0.15, 0.2) is 11.5 Å². The first-order chi connectivity index (χ1) is 11.3. The van der Waals surface area contributed by atoms with E-state index in [4.69, 9.17) is 21.1 Å². The molecular weight excluding hydrogens is 403 g/mol. The van der Waals surface area contributed by atoms with Gasteiger partial charge in [0.05, 0.1) is 25.3 Å². The molecule has 0 bridgehead atoms. The van der Waals surface area contributed by atoms with E-state index in [9.17, 15) is 0 Å². The molecule has 1 aromatic heterocycles. The van der Waals surface area contributed by atoms with Gasteiger partial charge in [0, 0.05) is 31.1 Å². The molecule has 0 aliphatic carbocycles. The monoisotopic (exact) mass is 424 g/mol. The third-order valence-corrected chi connectivity index (χ3v) is 5.45. The number of piperazine rings is 1. The van der Waals surface area contributed by atoms with E-state index in [1.165, 1.54) is 4.88 Å². The number of nitrogens with zero attached hydrogens (tertiary/aromatic N) is 1. The number of ether oxygens (including phenoxy) is 2. The van der Waals surface area contributed by atoms with Gasteiger partial charge in [-0.1, -0.05) is 23.7 Å². The fourth-order valence-electron chi connectivity index (χ4n) is 3.03. The summed E-state index contributed by atoms with van der Waals surface area (Å²) in [5.74, 6) is 1.26. The van der Waals surface area contributed by atoms with Crippen LogP contribution >= 0.6 is 47.8 Å². The van der Waals surface area contributed by atoms with Crippen LogP contribution in [0.2, 0.25) is 5.02 Å². The first-order valence-corrected chi connectivity index (χ1v) is 8.90. The second-order valence-corrected chi connectivity index (χ2v) is 6.77. The van der Waals surface area contributed by atoms with Gasteiger partial charge < -0.3 is 14.8 Å². The first kappa shape index (κ1) is 22.4. The van der Waals surface area contributed by atoms with Gasteiger partial charge in [-0.3, -0.25) is 4.90 Å². The molecule has 0 unspecified atom stereocenters. The summed E-state index contributed by atoms with van der Waals surface area (Å²) in [5.41, 5.74) is 1.06. The van der Waals surface area contributed by atoms with Crippen molar-refractivity contribution in [3.63, 3.8) is 0 Å². The van der Waals surface area contributed by atoms with Crippen LogP contribution in [0.4, 0.5) is 0 Å². The molecular formula is C17H23Cl3N2O2S. The van der Waals surface area contributed by atoms with Crippen molar-refractivity contribution < 1.29 is 9.47 Å². The number of benzene rings is 1. The summed E-state index contributed by atoms with van der Waals surface area (Å²) in [5, 5.41) is 6.14. The largest absolute Gasteiger partial charge is 0.493 e. The Bertz CT molecular complexity index is 650. The van der Waals surface area contributed by atoms with Crippen LogP contribution in [0, 0.1) is 0 Å². The Balaban J connectivity index is 0.00000156. The Hall–Kier alpha value is -0.690. The lowest BCUT2D eigenvalue weighted by molar-refractivity contribution is 0.200. The molecule has 0 amide bonds. The van der Waals surface area contributed by atoms with E-state index in [1.54, 1.807) is 25.6 Å². The normalized spacial score (nSPS) is 15.6. The van der Waals surface area contributed by atoms with Crippen LogP contribution in [0.25, 0.3) is 0 Å². The highest BCUT2D eigenvalue weighted by Crippen LogP contribution is 2.43. The van der Waals surface area contributed by atoms with E-state index in [-0.39, 0.29) is 30.9 Å². The van der Waals surface area contributed by atoms with Crippen molar-refractivity contribution in [2.75, 3.05) is 40.4 Å². The minimum atomic E-state index is 0. The van der Waals surface area contributed by atoms with Gasteiger partial charge in [0.2, 0.25) is 0 Å². The van der Waals surface area contributed by atoms with Crippen molar-refractivity contribution >= 4 is 47.8 Å². The van der Waals surface area contributed by atoms with Crippen molar-refractivity contribution in [2.45, 2.75) is 6.04 Å². The van der Waals surface area contributed by atoms with E-state index in [2.05, 4.69) is 33.8 Å². The van der Waals surface area contributed by atoms with Crippen molar-refractivity contribution in [3.8, 4) is 11.5 Å². The van der Waals surface area contributed by atoms with Crippen LogP contribution in [0.15, 0.2) is 29.6 Å². The van der Waals surface area contributed by atoms with Crippen LogP contribution in [0.5, 0.6) is 11.5 Å². The molecule has 1 saturated heterocycles. The average molecular weight is 426 g/mol. The average Bonchev–Trinajstić information content (AvgIpc) is 3.11. The molecule has 25 heavy (non-hydrogen) atoms. The number of thiophene rings is 1. The summed E-state index contributed by atoms with van der Waals surface area (Å²) in [6, 6.07) is 8.39. The summed E-state index contributed by atoms with van der Waals surface area (Å²) in [7, 11) is 3.25. The number of rotatable bonds is 5. The third kappa shape index (κ3) is 4.73. The zero-order valence-electron chi connectivity index (χ0n) is 14.2. The maximum atomic E-state index is 6.68. The van der Waals surface area contributed by atoms with Gasteiger partial charge in [0.1, 0.15) is 0 Å². The minimum absolute atomic E-state index is 0. The highest BCUT2D eigenvalue weighted by molar-refractivity contribution is 7.10. The molecule has 8 heteroatoms. The van der Waals surface area contributed by atoms with Gasteiger partial charge in [-0.25, -0.2) is 0 Å². The number of hydrogen-bond donors (Lipinski definition) is 1. The molecule has 2 aromatic rings. The number of halogens is 3. The maximum absolute atomic E-state index is 6.68. The fourth-order valence-corrected chi connectivity index (χ4v) is 4.25. The molecule has 0 radical (unpaired) electrons. The van der Waals surface area contributed by atoms with Crippen LogP contribution < -0.4 is 14.8 Å². The summed E-state index contributed by atoms with van der Waals surface area (Å²) < 4.78 is 10.8. The Labute approximate surface area is 170 Å². The molecule has 1 aliphatic rings. The Morgan fingerprint density at radius 1 is 1.12 bits per heavy atom. The third-order valence-electron chi connectivity index (χ3n) is 4.14. The van der Waals surface area contributed by atoms with Gasteiger partial charge in [0.25, 0.3) is 0 Å². The second kappa shape index (κ2) is 10.5. The fraction of sp³-hybridized carbons (Fsp3) is 0.412. The predicted octanol–water partition coefficient (Wildman–Crippen LogP) is 4.26. The molecule has 4 nitrogen and oxygen atoms in total. The summed E-state index contributed by atoms with van der Waals surface area (Å²) in [6.45, 7) is 3.97. The highest BCUT2D eigenvalue weighted by Gasteiger charge is 2.28. The SMILES string of the molecule is COc1ccc([C@@H](c2cccs2)N2CCNCC2)c(Cl)c1OC.Cl.Cl. The molecule has 1 fully saturated rings. The number of methoxy groups -OCH3 is 2. The van der Waals surface area contributed by atoms with Gasteiger partial charge in [-0.15, -0.1) is 36.2 Å². The number of hydrogen-bond acceptors (Lipinski definition) is 5. The number of nitrogens with one attached hydrogen (secondary N) is 1. The van der Waals surface area contributed by atoms with Crippen LogP contribution in [0.1, 0.15) is 16.5 Å². The Morgan fingerprint density at radius 2 is 1.84 bits per heavy atom. The maximum Gasteiger partial charge on any atom is 0.179 e. The molecule has 0 spiro atoms. The van der Waals surface area contributed by atoms with E-state index in [0.717, 1.165) is 31.7 Å². The molecule has 1 aliphatic heterocycles. The Kier molecular flexibility index (Phi) is 9.35. The van der Waals surface area contributed by atoms with Gasteiger partial charge in [-0.05, 0) is 23.1 Å². The van der Waals surface area contributed by atoms with E-state index in [1.807, 2.05) is 6.07 Å². The summed E-state index contributed by atoms with van der Waals surface area (Å²) >= 11 is 8.44. The second-order valence-electron chi connectivity index (χ2n) is 5.41. The Morgan fingerprint density at radius 3 is 2.40 bits per heavy atom. The van der Waals surface area contributed by atoms with Gasteiger partial charge in [-0.2, -0.15) is 0 Å². The molecule has 140 valence electrons. The topological polar surface area (TPSA) is 33.7 Å². The molecule has 0 saturated carbocycles. The molecule has 2 heterocycles. The van der Waals surface area contributed by atoms with Crippen molar-refractivity contribution in [1.82, 2.24) is 10.2 Å². The predicted molar refractivity (Wildman–Crippen MR) is 110 cm³/mol. The highest BCUT2D eigenvalue weighted by atomic mass is 35.5. The molecule has 1 N–H and O–H groups in total. The van der Waals surface area contributed by atoms with E-state index < -0.39 is 0 Å². The molecule has 3 rings (SSSR count). The minimum Gasteiger partial charge on any atom is -0.493 e. The molecule has 1 atom stereocenters. The summed E-state index contributed by atoms with van der Waals surface area (Å²) in [4.78, 5) is 3.76.